The predicted molar refractivity (Wildman–Crippen MR) is 35.3 cm³/mol. The minimum absolute atomic E-state index is 0. The van der Waals surface area contributed by atoms with Crippen molar-refractivity contribution >= 4 is 18.6 Å². The lowest BCUT2D eigenvalue weighted by molar-refractivity contribution is 0.320. The summed E-state index contributed by atoms with van der Waals surface area (Å²) in [5.74, 6) is 0.549. The average Bonchev–Trinajstić information content (AvgIpc) is 2.19. The first-order chi connectivity index (χ1) is 3.93. The molecule has 0 radical (unpaired) electrons. The molecule has 0 spiro atoms. The number of nitrogens with zero attached hydrogens (tertiary/aromatic N) is 1. The van der Waals surface area contributed by atoms with Crippen molar-refractivity contribution < 1.29 is 9.62 Å². The third-order valence-corrected chi connectivity index (χ3v) is 0.728. The summed E-state index contributed by atoms with van der Waals surface area (Å²) in [6.07, 6.45) is 2.73. The van der Waals surface area contributed by atoms with Crippen molar-refractivity contribution in [2.45, 2.75) is 0 Å². The van der Waals surface area contributed by atoms with E-state index in [2.05, 4.69) is 5.16 Å². The second-order valence-corrected chi connectivity index (χ2v) is 1.26. The van der Waals surface area contributed by atoms with Crippen LogP contribution in [0.2, 0.25) is 0 Å². The Balaban J connectivity index is 0.000000640. The molecule has 50 valence electrons. The summed E-state index contributed by atoms with van der Waals surface area (Å²) in [5.41, 5.74) is 0. The van der Waals surface area contributed by atoms with Crippen LogP contribution in [-0.4, -0.2) is 11.4 Å². The fourth-order valence-electron chi connectivity index (χ4n) is 0.422. The Morgan fingerprint density at radius 1 is 1.67 bits per heavy atom. The molecule has 9 heavy (non-hydrogen) atoms. The molecule has 0 aliphatic rings. The monoisotopic (exact) mass is 147 g/mol. The molecule has 0 aromatic carbocycles. The Labute approximate surface area is 58.4 Å². The molecule has 0 unspecified atom stereocenters. The molecule has 0 fully saturated rings. The van der Waals surface area contributed by atoms with E-state index in [1.165, 1.54) is 12.5 Å². The van der Waals surface area contributed by atoms with Crippen LogP contribution in [0, 0.1) is 0 Å². The van der Waals surface area contributed by atoms with Crippen LogP contribution in [0.4, 0.5) is 0 Å². The van der Waals surface area contributed by atoms with Gasteiger partial charge in [0.2, 0.25) is 0 Å². The third kappa shape index (κ3) is 2.19. The molecule has 1 aromatic rings. The van der Waals surface area contributed by atoms with E-state index in [0.29, 0.717) is 5.76 Å². The number of hydrogen-bond donors (Lipinski definition) is 1. The second-order valence-electron chi connectivity index (χ2n) is 1.26. The number of hydrogen-bond acceptors (Lipinski definition) is 3. The van der Waals surface area contributed by atoms with Crippen LogP contribution in [0.5, 0.6) is 0 Å². The van der Waals surface area contributed by atoms with Crippen molar-refractivity contribution in [2.75, 3.05) is 0 Å². The summed E-state index contributed by atoms with van der Waals surface area (Å²) in [5, 5.41) is 10.7. The molecule has 0 saturated heterocycles. The molecule has 0 saturated carbocycles. The zero-order valence-corrected chi connectivity index (χ0v) is 5.34. The number of rotatable bonds is 1. The van der Waals surface area contributed by atoms with Gasteiger partial charge in [-0.25, -0.2) is 0 Å². The van der Waals surface area contributed by atoms with E-state index in [-0.39, 0.29) is 12.4 Å². The van der Waals surface area contributed by atoms with Gasteiger partial charge in [0.05, 0.1) is 6.26 Å². The molecule has 1 aromatic heterocycles. The highest BCUT2D eigenvalue weighted by Gasteiger charge is 1.84. The molecule has 3 nitrogen and oxygen atoms in total. The highest BCUT2D eigenvalue weighted by atomic mass is 35.5. The van der Waals surface area contributed by atoms with Gasteiger partial charge in [0.1, 0.15) is 12.0 Å². The lowest BCUT2D eigenvalue weighted by Crippen LogP contribution is -1.70. The molecule has 1 heterocycles. The van der Waals surface area contributed by atoms with Crippen molar-refractivity contribution in [1.29, 1.82) is 0 Å². The summed E-state index contributed by atoms with van der Waals surface area (Å²) >= 11 is 0. The van der Waals surface area contributed by atoms with Crippen LogP contribution in [-0.2, 0) is 0 Å². The Morgan fingerprint density at radius 3 is 2.89 bits per heavy atom. The van der Waals surface area contributed by atoms with Crippen LogP contribution < -0.4 is 0 Å². The number of oxime groups is 1. The molecule has 1 N–H and O–H groups in total. The fraction of sp³-hybridized carbons (Fsp3) is 0. The van der Waals surface area contributed by atoms with Crippen molar-refractivity contribution in [1.82, 2.24) is 0 Å². The summed E-state index contributed by atoms with van der Waals surface area (Å²) in [6.45, 7) is 0. The zero-order chi connectivity index (χ0) is 5.82. The van der Waals surface area contributed by atoms with Crippen LogP contribution in [0.25, 0.3) is 0 Å². The normalized spacial score (nSPS) is 9.33. The maximum Gasteiger partial charge on any atom is 0.148 e. The van der Waals surface area contributed by atoms with Crippen molar-refractivity contribution in [3.63, 3.8) is 0 Å². The van der Waals surface area contributed by atoms with Crippen molar-refractivity contribution in [3.05, 3.63) is 24.2 Å². The molecule has 4 heteroatoms. The van der Waals surface area contributed by atoms with Gasteiger partial charge in [-0.2, -0.15) is 0 Å². The van der Waals surface area contributed by atoms with E-state index in [1.807, 2.05) is 0 Å². The molecule has 0 atom stereocenters. The number of halogens is 1. The lowest BCUT2D eigenvalue weighted by Gasteiger charge is -1.74. The smallest absolute Gasteiger partial charge is 0.148 e. The van der Waals surface area contributed by atoms with Gasteiger partial charge >= 0.3 is 0 Å². The van der Waals surface area contributed by atoms with E-state index < -0.39 is 0 Å². The summed E-state index contributed by atoms with van der Waals surface area (Å²) in [4.78, 5) is 0. The zero-order valence-electron chi connectivity index (χ0n) is 4.52. The van der Waals surface area contributed by atoms with Gasteiger partial charge in [-0.3, -0.25) is 0 Å². The van der Waals surface area contributed by atoms with Crippen LogP contribution in [0.3, 0.4) is 0 Å². The van der Waals surface area contributed by atoms with E-state index in [9.17, 15) is 0 Å². The van der Waals surface area contributed by atoms with E-state index in [0.717, 1.165) is 0 Å². The first-order valence-electron chi connectivity index (χ1n) is 2.14. The summed E-state index contributed by atoms with van der Waals surface area (Å²) in [6, 6.07) is 3.41. The Kier molecular flexibility index (Phi) is 3.55. The standard InChI is InChI=1S/C5H5NO2.ClH/c7-6-4-5-2-1-3-8-5;/h1-4,7H;1H. The van der Waals surface area contributed by atoms with Gasteiger partial charge in [0.25, 0.3) is 0 Å². The SMILES string of the molecule is Cl.ON=Cc1ccco1. The maximum absolute atomic E-state index is 7.95. The summed E-state index contributed by atoms with van der Waals surface area (Å²) in [7, 11) is 0. The van der Waals surface area contributed by atoms with E-state index in [1.54, 1.807) is 12.1 Å². The maximum atomic E-state index is 7.95. The van der Waals surface area contributed by atoms with Crippen molar-refractivity contribution in [2.24, 2.45) is 5.16 Å². The quantitative estimate of drug-likeness (QED) is 0.372. The Morgan fingerprint density at radius 2 is 2.44 bits per heavy atom. The first kappa shape index (κ1) is 8.04. The van der Waals surface area contributed by atoms with Gasteiger partial charge in [-0.15, -0.1) is 12.4 Å². The highest BCUT2D eigenvalue weighted by Crippen LogP contribution is 1.93. The minimum atomic E-state index is 0. The molecule has 0 bridgehead atoms. The van der Waals surface area contributed by atoms with Crippen LogP contribution in [0.15, 0.2) is 28.0 Å². The minimum Gasteiger partial charge on any atom is -0.463 e. The topological polar surface area (TPSA) is 45.7 Å². The van der Waals surface area contributed by atoms with E-state index >= 15 is 0 Å². The molecule has 1 rings (SSSR count). The lowest BCUT2D eigenvalue weighted by atomic mass is 10.5. The van der Waals surface area contributed by atoms with Gasteiger partial charge in [-0.05, 0) is 12.1 Å². The van der Waals surface area contributed by atoms with Gasteiger partial charge in [0, 0.05) is 0 Å². The van der Waals surface area contributed by atoms with Gasteiger partial charge < -0.3 is 9.62 Å². The number of furan rings is 1. The molecular formula is C5H6ClNO2. The average molecular weight is 148 g/mol. The van der Waals surface area contributed by atoms with Crippen LogP contribution >= 0.6 is 12.4 Å². The predicted octanol–water partition coefficient (Wildman–Crippen LogP) is 1.51. The van der Waals surface area contributed by atoms with Gasteiger partial charge in [-0.1, -0.05) is 5.16 Å². The van der Waals surface area contributed by atoms with Crippen molar-refractivity contribution in [3.8, 4) is 0 Å². The first-order valence-corrected chi connectivity index (χ1v) is 2.14. The second kappa shape index (κ2) is 3.97. The largest absolute Gasteiger partial charge is 0.463 e. The third-order valence-electron chi connectivity index (χ3n) is 0.728. The van der Waals surface area contributed by atoms with E-state index in [4.69, 9.17) is 9.62 Å². The molecule has 0 aliphatic carbocycles. The van der Waals surface area contributed by atoms with Crippen LogP contribution in [0.1, 0.15) is 5.76 Å². The molecule has 0 aliphatic heterocycles. The van der Waals surface area contributed by atoms with Gasteiger partial charge in [0.15, 0.2) is 0 Å². The molecular weight excluding hydrogens is 142 g/mol. The highest BCUT2D eigenvalue weighted by molar-refractivity contribution is 5.85. The Bertz CT molecular complexity index is 171. The molecule has 0 amide bonds. The Hall–Kier alpha value is -0.960. The fourth-order valence-corrected chi connectivity index (χ4v) is 0.422. The summed E-state index contributed by atoms with van der Waals surface area (Å²) < 4.78 is 4.76.